The standard InChI is InChI=1S/C16H15NO3/c18-16(19)14(11-12-7-3-1-4-8-12)15(17-20)13-9-5-2-6-10-13/h1-10,14,20H,11H2,(H,18,19). The van der Waals surface area contributed by atoms with Crippen molar-refractivity contribution in [1.29, 1.82) is 0 Å². The smallest absolute Gasteiger partial charge is 0.313 e. The van der Waals surface area contributed by atoms with Gasteiger partial charge in [0.05, 0.1) is 0 Å². The molecule has 0 aromatic heterocycles. The summed E-state index contributed by atoms with van der Waals surface area (Å²) in [5, 5.41) is 21.8. The molecule has 0 saturated carbocycles. The summed E-state index contributed by atoms with van der Waals surface area (Å²) in [5.74, 6) is -1.89. The van der Waals surface area contributed by atoms with Gasteiger partial charge in [-0.15, -0.1) is 0 Å². The first kappa shape index (κ1) is 13.8. The monoisotopic (exact) mass is 269 g/mol. The third-order valence-corrected chi connectivity index (χ3v) is 3.09. The lowest BCUT2D eigenvalue weighted by molar-refractivity contribution is -0.139. The molecule has 2 rings (SSSR count). The Morgan fingerprint density at radius 2 is 1.55 bits per heavy atom. The highest BCUT2D eigenvalue weighted by Crippen LogP contribution is 2.16. The molecule has 2 aromatic rings. The number of carboxylic acid groups (broad SMARTS) is 1. The SMILES string of the molecule is O=C(O)C(Cc1ccccc1)C(=NO)c1ccccc1. The number of carboxylic acids is 1. The van der Waals surface area contributed by atoms with Crippen LogP contribution in [-0.4, -0.2) is 22.0 Å². The average Bonchev–Trinajstić information content (AvgIpc) is 2.49. The predicted octanol–water partition coefficient (Wildman–Crippen LogP) is 2.81. The van der Waals surface area contributed by atoms with Crippen molar-refractivity contribution in [2.75, 3.05) is 0 Å². The molecule has 2 N–H and O–H groups in total. The first-order valence-electron chi connectivity index (χ1n) is 6.26. The molecule has 102 valence electrons. The lowest BCUT2D eigenvalue weighted by Gasteiger charge is -2.14. The number of carbonyl (C=O) groups is 1. The second kappa shape index (κ2) is 6.52. The quantitative estimate of drug-likeness (QED) is 0.498. The van der Waals surface area contributed by atoms with Crippen molar-refractivity contribution in [3.8, 4) is 0 Å². The van der Waals surface area contributed by atoms with Gasteiger partial charge < -0.3 is 10.3 Å². The molecule has 0 heterocycles. The Morgan fingerprint density at radius 3 is 2.05 bits per heavy atom. The van der Waals surface area contributed by atoms with Crippen molar-refractivity contribution in [2.24, 2.45) is 11.1 Å². The van der Waals surface area contributed by atoms with E-state index in [1.54, 1.807) is 24.3 Å². The Kier molecular flexibility index (Phi) is 4.50. The van der Waals surface area contributed by atoms with Gasteiger partial charge in [-0.05, 0) is 12.0 Å². The lowest BCUT2D eigenvalue weighted by atomic mass is 9.90. The van der Waals surface area contributed by atoms with Crippen LogP contribution in [0.5, 0.6) is 0 Å². The zero-order chi connectivity index (χ0) is 14.4. The fourth-order valence-corrected chi connectivity index (χ4v) is 2.09. The van der Waals surface area contributed by atoms with E-state index in [1.807, 2.05) is 36.4 Å². The number of hydrogen-bond acceptors (Lipinski definition) is 3. The van der Waals surface area contributed by atoms with Crippen molar-refractivity contribution < 1.29 is 15.1 Å². The van der Waals surface area contributed by atoms with Gasteiger partial charge in [-0.2, -0.15) is 0 Å². The first-order valence-corrected chi connectivity index (χ1v) is 6.26. The fraction of sp³-hybridized carbons (Fsp3) is 0.125. The van der Waals surface area contributed by atoms with Crippen LogP contribution in [0.4, 0.5) is 0 Å². The van der Waals surface area contributed by atoms with Crippen LogP contribution in [0.2, 0.25) is 0 Å². The van der Waals surface area contributed by atoms with E-state index < -0.39 is 11.9 Å². The van der Waals surface area contributed by atoms with Crippen LogP contribution in [0.1, 0.15) is 11.1 Å². The van der Waals surface area contributed by atoms with Crippen LogP contribution >= 0.6 is 0 Å². The van der Waals surface area contributed by atoms with Crippen molar-refractivity contribution in [3.05, 3.63) is 71.8 Å². The van der Waals surface area contributed by atoms with Gasteiger partial charge in [-0.25, -0.2) is 0 Å². The van der Waals surface area contributed by atoms with E-state index in [0.29, 0.717) is 5.56 Å². The Balaban J connectivity index is 2.31. The fourth-order valence-electron chi connectivity index (χ4n) is 2.09. The Hall–Kier alpha value is -2.62. The molecule has 2 aromatic carbocycles. The average molecular weight is 269 g/mol. The minimum absolute atomic E-state index is 0.168. The Labute approximate surface area is 117 Å². The van der Waals surface area contributed by atoms with Gasteiger partial charge in [-0.3, -0.25) is 4.79 Å². The molecule has 0 aliphatic heterocycles. The van der Waals surface area contributed by atoms with Crippen LogP contribution < -0.4 is 0 Å². The van der Waals surface area contributed by atoms with Crippen LogP contribution in [-0.2, 0) is 11.2 Å². The van der Waals surface area contributed by atoms with Gasteiger partial charge in [0.15, 0.2) is 0 Å². The highest BCUT2D eigenvalue weighted by atomic mass is 16.4. The van der Waals surface area contributed by atoms with Crippen LogP contribution in [0.15, 0.2) is 65.8 Å². The molecule has 0 aliphatic rings. The van der Waals surface area contributed by atoms with Crippen molar-refractivity contribution in [3.63, 3.8) is 0 Å². The molecule has 4 heteroatoms. The molecular formula is C16H15NO3. The molecule has 0 fully saturated rings. The summed E-state index contributed by atoms with van der Waals surface area (Å²) in [4.78, 5) is 11.5. The maximum atomic E-state index is 11.5. The summed E-state index contributed by atoms with van der Waals surface area (Å²) in [5.41, 5.74) is 1.66. The van der Waals surface area contributed by atoms with Crippen molar-refractivity contribution in [1.82, 2.24) is 0 Å². The second-order valence-corrected chi connectivity index (χ2v) is 4.43. The molecule has 0 aliphatic carbocycles. The first-order chi connectivity index (χ1) is 9.72. The molecule has 4 nitrogen and oxygen atoms in total. The Bertz CT molecular complexity index is 594. The molecule has 20 heavy (non-hydrogen) atoms. The van der Waals surface area contributed by atoms with Crippen LogP contribution in [0.3, 0.4) is 0 Å². The molecule has 0 saturated heterocycles. The molecule has 1 unspecified atom stereocenters. The molecule has 0 spiro atoms. The van der Waals surface area contributed by atoms with E-state index in [-0.39, 0.29) is 12.1 Å². The van der Waals surface area contributed by atoms with E-state index in [1.165, 1.54) is 0 Å². The van der Waals surface area contributed by atoms with E-state index in [4.69, 9.17) is 0 Å². The van der Waals surface area contributed by atoms with E-state index in [0.717, 1.165) is 5.56 Å². The zero-order valence-corrected chi connectivity index (χ0v) is 10.8. The summed E-state index contributed by atoms with van der Waals surface area (Å²) < 4.78 is 0. The Morgan fingerprint density at radius 1 is 1.00 bits per heavy atom. The van der Waals surface area contributed by atoms with Gasteiger partial charge in [-0.1, -0.05) is 65.8 Å². The van der Waals surface area contributed by atoms with Crippen molar-refractivity contribution >= 4 is 11.7 Å². The second-order valence-electron chi connectivity index (χ2n) is 4.43. The highest BCUT2D eigenvalue weighted by Gasteiger charge is 2.26. The van der Waals surface area contributed by atoms with E-state index in [9.17, 15) is 15.1 Å². The number of rotatable bonds is 5. The summed E-state index contributed by atoms with van der Waals surface area (Å²) in [6, 6.07) is 18.1. The maximum Gasteiger partial charge on any atom is 0.313 e. The number of benzene rings is 2. The number of nitrogens with zero attached hydrogens (tertiary/aromatic N) is 1. The number of aliphatic carboxylic acids is 1. The summed E-state index contributed by atoms with van der Waals surface area (Å²) >= 11 is 0. The minimum Gasteiger partial charge on any atom is -0.481 e. The minimum atomic E-state index is -1.01. The highest BCUT2D eigenvalue weighted by molar-refractivity contribution is 6.11. The summed E-state index contributed by atoms with van der Waals surface area (Å²) in [6.07, 6.45) is 0.282. The molecule has 0 amide bonds. The largest absolute Gasteiger partial charge is 0.481 e. The van der Waals surface area contributed by atoms with Gasteiger partial charge in [0.2, 0.25) is 0 Å². The third-order valence-electron chi connectivity index (χ3n) is 3.09. The van der Waals surface area contributed by atoms with Crippen molar-refractivity contribution in [2.45, 2.75) is 6.42 Å². The molecular weight excluding hydrogens is 254 g/mol. The van der Waals surface area contributed by atoms with Gasteiger partial charge in [0, 0.05) is 5.56 Å². The predicted molar refractivity (Wildman–Crippen MR) is 76.0 cm³/mol. The molecule has 0 bridgehead atoms. The normalized spacial score (nSPS) is 12.9. The van der Waals surface area contributed by atoms with Crippen LogP contribution in [0.25, 0.3) is 0 Å². The number of hydrogen-bond donors (Lipinski definition) is 2. The number of oxime groups is 1. The summed E-state index contributed by atoms with van der Waals surface area (Å²) in [6.45, 7) is 0. The lowest BCUT2D eigenvalue weighted by Crippen LogP contribution is -2.27. The zero-order valence-electron chi connectivity index (χ0n) is 10.8. The van der Waals surface area contributed by atoms with Gasteiger partial charge >= 0.3 is 5.97 Å². The van der Waals surface area contributed by atoms with E-state index >= 15 is 0 Å². The topological polar surface area (TPSA) is 69.9 Å². The maximum absolute atomic E-state index is 11.5. The summed E-state index contributed by atoms with van der Waals surface area (Å²) in [7, 11) is 0. The van der Waals surface area contributed by atoms with Gasteiger partial charge in [0.1, 0.15) is 11.6 Å². The van der Waals surface area contributed by atoms with Crippen LogP contribution in [0, 0.1) is 5.92 Å². The van der Waals surface area contributed by atoms with E-state index in [2.05, 4.69) is 5.16 Å². The van der Waals surface area contributed by atoms with Gasteiger partial charge in [0.25, 0.3) is 0 Å². The third kappa shape index (κ3) is 3.23. The molecule has 0 radical (unpaired) electrons. The molecule has 1 atom stereocenters.